The summed E-state index contributed by atoms with van der Waals surface area (Å²) in [6.45, 7) is 8.00. The summed E-state index contributed by atoms with van der Waals surface area (Å²) in [7, 11) is 0. The molecule has 2 aromatic carbocycles. The van der Waals surface area contributed by atoms with Crippen molar-refractivity contribution in [2.45, 2.75) is 27.2 Å². The molecule has 0 spiro atoms. The maximum absolute atomic E-state index is 12.9. The van der Waals surface area contributed by atoms with E-state index in [9.17, 15) is 9.59 Å². The Hall–Kier alpha value is -2.99. The fourth-order valence-corrected chi connectivity index (χ4v) is 4.66. The summed E-state index contributed by atoms with van der Waals surface area (Å²) < 4.78 is 0. The van der Waals surface area contributed by atoms with Gasteiger partial charge in [-0.25, -0.2) is 0 Å². The second-order valence-electron chi connectivity index (χ2n) is 8.74. The Kier molecular flexibility index (Phi) is 5.92. The lowest BCUT2D eigenvalue weighted by Crippen LogP contribution is -2.42. The topological polar surface area (TPSA) is 52.7 Å². The predicted octanol–water partition coefficient (Wildman–Crippen LogP) is 4.38. The molecule has 2 atom stereocenters. The SMILES string of the molecule is Cc1ccc(N2C(=O)/C(=C\c3ccc(C(=O)N4C[C@H](C)C[C@@H](C)C4)cc3)NC2=S)cc1. The number of amides is 2. The molecule has 0 unspecified atom stereocenters. The molecule has 6 heteroatoms. The van der Waals surface area contributed by atoms with Gasteiger partial charge < -0.3 is 10.2 Å². The Bertz CT molecular complexity index is 1030. The van der Waals surface area contributed by atoms with Gasteiger partial charge in [0.25, 0.3) is 11.8 Å². The highest BCUT2D eigenvalue weighted by Gasteiger charge is 2.32. The number of nitrogens with one attached hydrogen (secondary N) is 1. The zero-order valence-corrected chi connectivity index (χ0v) is 18.9. The average molecular weight is 434 g/mol. The first-order valence-electron chi connectivity index (χ1n) is 10.6. The molecule has 5 nitrogen and oxygen atoms in total. The predicted molar refractivity (Wildman–Crippen MR) is 128 cm³/mol. The zero-order valence-electron chi connectivity index (χ0n) is 18.1. The van der Waals surface area contributed by atoms with Crippen molar-refractivity contribution in [3.63, 3.8) is 0 Å². The number of nitrogens with zero attached hydrogens (tertiary/aromatic N) is 2. The number of anilines is 1. The number of carbonyl (C=O) groups excluding carboxylic acids is 2. The fraction of sp³-hybridized carbons (Fsp3) is 0.320. The van der Waals surface area contributed by atoms with E-state index in [4.69, 9.17) is 12.2 Å². The molecular weight excluding hydrogens is 406 g/mol. The Morgan fingerprint density at radius 3 is 2.26 bits per heavy atom. The molecule has 2 saturated heterocycles. The highest BCUT2D eigenvalue weighted by molar-refractivity contribution is 7.80. The van der Waals surface area contributed by atoms with Gasteiger partial charge in [-0.2, -0.15) is 0 Å². The van der Waals surface area contributed by atoms with Crippen molar-refractivity contribution in [3.05, 3.63) is 70.9 Å². The van der Waals surface area contributed by atoms with Crippen LogP contribution in [0, 0.1) is 18.8 Å². The van der Waals surface area contributed by atoms with E-state index in [0.29, 0.717) is 28.2 Å². The monoisotopic (exact) mass is 433 g/mol. The summed E-state index contributed by atoms with van der Waals surface area (Å²) >= 11 is 5.37. The Balaban J connectivity index is 1.49. The van der Waals surface area contributed by atoms with Crippen LogP contribution in [-0.4, -0.2) is 34.9 Å². The van der Waals surface area contributed by atoms with Gasteiger partial charge in [-0.15, -0.1) is 0 Å². The molecule has 0 radical (unpaired) electrons. The fourth-order valence-electron chi connectivity index (χ4n) is 4.36. The molecule has 2 amide bonds. The van der Waals surface area contributed by atoms with Gasteiger partial charge in [0.15, 0.2) is 5.11 Å². The van der Waals surface area contributed by atoms with Crippen molar-refractivity contribution in [1.29, 1.82) is 0 Å². The first kappa shape index (κ1) is 21.2. The van der Waals surface area contributed by atoms with Crippen molar-refractivity contribution in [2.24, 2.45) is 11.8 Å². The number of likely N-dealkylation sites (tertiary alicyclic amines) is 1. The van der Waals surface area contributed by atoms with Gasteiger partial charge in [0, 0.05) is 18.7 Å². The minimum atomic E-state index is -0.190. The molecule has 2 fully saturated rings. The van der Waals surface area contributed by atoms with Crippen molar-refractivity contribution >= 4 is 40.9 Å². The van der Waals surface area contributed by atoms with Crippen molar-refractivity contribution < 1.29 is 9.59 Å². The molecule has 2 heterocycles. The third-order valence-electron chi connectivity index (χ3n) is 5.80. The highest BCUT2D eigenvalue weighted by atomic mass is 32.1. The number of rotatable bonds is 3. The molecule has 31 heavy (non-hydrogen) atoms. The second kappa shape index (κ2) is 8.63. The van der Waals surface area contributed by atoms with E-state index >= 15 is 0 Å². The van der Waals surface area contributed by atoms with E-state index in [1.807, 2.05) is 60.4 Å². The van der Waals surface area contributed by atoms with Gasteiger partial charge in [0.1, 0.15) is 5.70 Å². The number of carbonyl (C=O) groups is 2. The highest BCUT2D eigenvalue weighted by Crippen LogP contribution is 2.24. The molecule has 1 N–H and O–H groups in total. The molecule has 2 aliphatic rings. The maximum Gasteiger partial charge on any atom is 0.281 e. The number of hydrogen-bond acceptors (Lipinski definition) is 3. The van der Waals surface area contributed by atoms with Gasteiger partial charge in [-0.3, -0.25) is 14.5 Å². The van der Waals surface area contributed by atoms with Crippen LogP contribution in [0.3, 0.4) is 0 Å². The lowest BCUT2D eigenvalue weighted by molar-refractivity contribution is -0.113. The quantitative estimate of drug-likeness (QED) is 0.577. The molecule has 0 saturated carbocycles. The van der Waals surface area contributed by atoms with Crippen LogP contribution in [0.4, 0.5) is 5.69 Å². The Morgan fingerprint density at radius 1 is 1.03 bits per heavy atom. The molecule has 4 rings (SSSR count). The van der Waals surface area contributed by atoms with E-state index in [2.05, 4.69) is 19.2 Å². The lowest BCUT2D eigenvalue weighted by atomic mass is 9.91. The van der Waals surface area contributed by atoms with Gasteiger partial charge in [-0.05, 0) is 73.3 Å². The normalized spacial score (nSPS) is 22.7. The van der Waals surface area contributed by atoms with Crippen LogP contribution in [0.5, 0.6) is 0 Å². The van der Waals surface area contributed by atoms with Gasteiger partial charge in [0.05, 0.1) is 5.69 Å². The van der Waals surface area contributed by atoms with Crippen LogP contribution in [0.2, 0.25) is 0 Å². The number of benzene rings is 2. The summed E-state index contributed by atoms with van der Waals surface area (Å²) in [5.41, 5.74) is 3.78. The van der Waals surface area contributed by atoms with Crippen molar-refractivity contribution in [2.75, 3.05) is 18.0 Å². The molecule has 2 aromatic rings. The van der Waals surface area contributed by atoms with Crippen LogP contribution >= 0.6 is 12.2 Å². The standard InChI is InChI=1S/C25H27N3O2S/c1-16-4-10-21(11-5-16)28-24(30)22(26-25(28)31)13-19-6-8-20(9-7-19)23(29)27-14-17(2)12-18(3)15-27/h4-11,13,17-18H,12,14-15H2,1-3H3,(H,26,31)/b22-13+/t17-,18-/m1/s1. The molecule has 2 aliphatic heterocycles. The summed E-state index contributed by atoms with van der Waals surface area (Å²) in [6, 6.07) is 15.0. The molecule has 0 bridgehead atoms. The average Bonchev–Trinajstić information content (AvgIpc) is 3.01. The van der Waals surface area contributed by atoms with Crippen LogP contribution in [0.25, 0.3) is 6.08 Å². The van der Waals surface area contributed by atoms with Crippen molar-refractivity contribution in [3.8, 4) is 0 Å². The summed E-state index contributed by atoms with van der Waals surface area (Å²) in [4.78, 5) is 29.2. The van der Waals surface area contributed by atoms with Gasteiger partial charge >= 0.3 is 0 Å². The third kappa shape index (κ3) is 4.54. The summed E-state index contributed by atoms with van der Waals surface area (Å²) in [5, 5.41) is 3.37. The smallest absolute Gasteiger partial charge is 0.281 e. The van der Waals surface area contributed by atoms with Crippen LogP contribution in [0.1, 0.15) is 41.8 Å². The van der Waals surface area contributed by atoms with Gasteiger partial charge in [0.2, 0.25) is 0 Å². The molecular formula is C25H27N3O2S. The molecule has 160 valence electrons. The van der Waals surface area contributed by atoms with E-state index in [-0.39, 0.29) is 11.8 Å². The largest absolute Gasteiger partial charge is 0.338 e. The Morgan fingerprint density at radius 2 is 1.65 bits per heavy atom. The Labute approximate surface area is 188 Å². The van der Waals surface area contributed by atoms with E-state index in [1.54, 1.807) is 6.08 Å². The number of thiocarbonyl (C=S) groups is 1. The first-order valence-corrected chi connectivity index (χ1v) is 11.1. The second-order valence-corrected chi connectivity index (χ2v) is 9.13. The third-order valence-corrected chi connectivity index (χ3v) is 6.08. The molecule has 0 aliphatic carbocycles. The van der Waals surface area contributed by atoms with E-state index in [1.165, 1.54) is 11.3 Å². The minimum absolute atomic E-state index is 0.0689. The summed E-state index contributed by atoms with van der Waals surface area (Å²) in [5.74, 6) is 0.928. The van der Waals surface area contributed by atoms with E-state index < -0.39 is 0 Å². The maximum atomic E-state index is 12.9. The summed E-state index contributed by atoms with van der Waals surface area (Å²) in [6.07, 6.45) is 2.93. The van der Waals surface area contributed by atoms with Crippen LogP contribution < -0.4 is 10.2 Å². The zero-order chi connectivity index (χ0) is 22.1. The lowest BCUT2D eigenvalue weighted by Gasteiger charge is -2.35. The molecule has 0 aromatic heterocycles. The number of hydrogen-bond donors (Lipinski definition) is 1. The first-order chi connectivity index (χ1) is 14.8. The van der Waals surface area contributed by atoms with E-state index in [0.717, 1.165) is 29.9 Å². The number of piperidine rings is 1. The van der Waals surface area contributed by atoms with Crippen LogP contribution in [0.15, 0.2) is 54.2 Å². The van der Waals surface area contributed by atoms with Gasteiger partial charge in [-0.1, -0.05) is 43.7 Å². The van der Waals surface area contributed by atoms with Crippen LogP contribution in [-0.2, 0) is 4.79 Å². The van der Waals surface area contributed by atoms with Crippen molar-refractivity contribution in [1.82, 2.24) is 10.2 Å². The minimum Gasteiger partial charge on any atom is -0.338 e. The number of aryl methyl sites for hydroxylation is 1.